The van der Waals surface area contributed by atoms with Crippen molar-refractivity contribution < 1.29 is 9.47 Å². The first-order valence-electron chi connectivity index (χ1n) is 11.0. The monoisotopic (exact) mass is 444 g/mol. The number of anilines is 1. The van der Waals surface area contributed by atoms with Crippen LogP contribution in [0.2, 0.25) is 0 Å². The number of ether oxygens (including phenoxy) is 2. The molecule has 8 nitrogen and oxygen atoms in total. The molecule has 8 heteroatoms. The zero-order valence-electron chi connectivity index (χ0n) is 19.4. The summed E-state index contributed by atoms with van der Waals surface area (Å²) in [6, 6.07) is 8.16. The van der Waals surface area contributed by atoms with E-state index >= 15 is 0 Å². The molecule has 0 bridgehead atoms. The van der Waals surface area contributed by atoms with Crippen LogP contribution in [0.1, 0.15) is 24.0 Å². The molecule has 0 radical (unpaired) electrons. The Morgan fingerprint density at radius 1 is 1.18 bits per heavy atom. The summed E-state index contributed by atoms with van der Waals surface area (Å²) < 4.78 is 12.9. The fourth-order valence-corrected chi connectivity index (χ4v) is 4.07. The summed E-state index contributed by atoms with van der Waals surface area (Å²) in [6.07, 6.45) is 6.09. The van der Waals surface area contributed by atoms with E-state index in [4.69, 9.17) is 14.5 Å². The Hall–Kier alpha value is -3.52. The predicted octanol–water partition coefficient (Wildman–Crippen LogP) is 3.78. The van der Waals surface area contributed by atoms with E-state index in [9.17, 15) is 0 Å². The Morgan fingerprint density at radius 2 is 2.03 bits per heavy atom. The molecule has 1 aliphatic heterocycles. The van der Waals surface area contributed by atoms with Gasteiger partial charge in [-0.05, 0) is 24.6 Å². The molecule has 0 spiro atoms. The topological polar surface area (TPSA) is 87.0 Å². The Balaban J connectivity index is 1.42. The van der Waals surface area contributed by atoms with E-state index in [1.807, 2.05) is 30.2 Å². The van der Waals surface area contributed by atoms with Gasteiger partial charge in [-0.1, -0.05) is 19.1 Å². The summed E-state index contributed by atoms with van der Waals surface area (Å²) in [4.78, 5) is 14.0. The molecule has 170 valence electrons. The zero-order valence-corrected chi connectivity index (χ0v) is 19.4. The maximum Gasteiger partial charge on any atom is 0.152 e. The van der Waals surface area contributed by atoms with Crippen LogP contribution in [0.3, 0.4) is 0 Å². The van der Waals surface area contributed by atoms with Gasteiger partial charge >= 0.3 is 0 Å². The van der Waals surface area contributed by atoms with E-state index in [0.717, 1.165) is 70.4 Å². The van der Waals surface area contributed by atoms with E-state index in [-0.39, 0.29) is 5.41 Å². The fraction of sp³-hybridized carbons (Fsp3) is 0.360. The van der Waals surface area contributed by atoms with Gasteiger partial charge < -0.3 is 14.8 Å². The van der Waals surface area contributed by atoms with Crippen molar-refractivity contribution in [3.8, 4) is 16.9 Å². The summed E-state index contributed by atoms with van der Waals surface area (Å²) in [5, 5.41) is 8.77. The first-order valence-corrected chi connectivity index (χ1v) is 11.0. The molecule has 5 rings (SSSR count). The van der Waals surface area contributed by atoms with Crippen LogP contribution in [0, 0.1) is 12.3 Å². The summed E-state index contributed by atoms with van der Waals surface area (Å²) in [6.45, 7) is 6.59. The number of hydrogen-bond acceptors (Lipinski definition) is 7. The lowest BCUT2D eigenvalue weighted by Gasteiger charge is -2.38. The Kier molecular flexibility index (Phi) is 5.46. The second-order valence-electron chi connectivity index (χ2n) is 9.01. The van der Waals surface area contributed by atoms with E-state index in [0.29, 0.717) is 6.42 Å². The largest absolute Gasteiger partial charge is 0.496 e. The quantitative estimate of drug-likeness (QED) is 0.464. The van der Waals surface area contributed by atoms with Gasteiger partial charge in [-0.15, -0.1) is 0 Å². The molecular formula is C25H28N6O2. The third kappa shape index (κ3) is 4.14. The molecule has 0 amide bonds. The number of aromatic nitrogens is 5. The van der Waals surface area contributed by atoms with Crippen molar-refractivity contribution in [1.29, 1.82) is 0 Å². The lowest BCUT2D eigenvalue weighted by Crippen LogP contribution is -2.45. The van der Waals surface area contributed by atoms with Crippen molar-refractivity contribution in [1.82, 2.24) is 24.7 Å². The number of nitrogens with zero attached hydrogens (tertiary/aromatic N) is 5. The number of pyridine rings is 1. The summed E-state index contributed by atoms with van der Waals surface area (Å²) in [5.41, 5.74) is 5.27. The van der Waals surface area contributed by atoms with Gasteiger partial charge in [0.1, 0.15) is 17.1 Å². The van der Waals surface area contributed by atoms with Gasteiger partial charge in [0, 0.05) is 60.0 Å². The van der Waals surface area contributed by atoms with Gasteiger partial charge in [0.25, 0.3) is 0 Å². The van der Waals surface area contributed by atoms with Crippen LogP contribution in [0.25, 0.3) is 22.0 Å². The molecule has 1 saturated heterocycles. The van der Waals surface area contributed by atoms with E-state index in [1.165, 1.54) is 0 Å². The van der Waals surface area contributed by atoms with Crippen LogP contribution in [-0.2, 0) is 18.2 Å². The zero-order chi connectivity index (χ0) is 23.0. The van der Waals surface area contributed by atoms with Gasteiger partial charge in [-0.3, -0.25) is 4.68 Å². The molecule has 3 aromatic heterocycles. The number of fused-ring (bicyclic) bond motifs is 1. The molecule has 4 aromatic rings. The highest BCUT2D eigenvalue weighted by molar-refractivity contribution is 5.87. The van der Waals surface area contributed by atoms with E-state index in [2.05, 4.69) is 52.4 Å². The average Bonchev–Trinajstić information content (AvgIpc) is 3.14. The first kappa shape index (κ1) is 21.3. The second-order valence-corrected chi connectivity index (χ2v) is 9.01. The third-order valence-corrected chi connectivity index (χ3v) is 6.31. The molecule has 0 aliphatic carbocycles. The molecule has 0 unspecified atom stereocenters. The molecule has 1 aliphatic rings. The number of rotatable bonds is 7. The molecule has 1 N–H and O–H groups in total. The average molecular weight is 445 g/mol. The third-order valence-electron chi connectivity index (χ3n) is 6.31. The van der Waals surface area contributed by atoms with Crippen molar-refractivity contribution >= 4 is 16.7 Å². The van der Waals surface area contributed by atoms with Crippen LogP contribution < -0.4 is 10.1 Å². The van der Waals surface area contributed by atoms with Crippen molar-refractivity contribution in [2.45, 2.75) is 20.3 Å². The van der Waals surface area contributed by atoms with Crippen LogP contribution in [-0.4, -0.2) is 51.6 Å². The van der Waals surface area contributed by atoms with Gasteiger partial charge in [-0.25, -0.2) is 15.0 Å². The van der Waals surface area contributed by atoms with Crippen molar-refractivity contribution in [3.63, 3.8) is 0 Å². The van der Waals surface area contributed by atoms with Crippen LogP contribution >= 0.6 is 0 Å². The van der Waals surface area contributed by atoms with Crippen molar-refractivity contribution in [2.24, 2.45) is 12.5 Å². The summed E-state index contributed by atoms with van der Waals surface area (Å²) >= 11 is 0. The maximum atomic E-state index is 5.71. The van der Waals surface area contributed by atoms with Crippen LogP contribution in [0.15, 0.2) is 42.9 Å². The standard InChI is InChI=1S/C25H28N6O2/c1-16-20(12-29-31(16)3)17-5-6-18(21(9-17)32-4)10-22-27-11-19-7-8-26-24(23(19)30-22)28-13-25(2)14-33-15-25/h5-9,11-12H,10,13-15H2,1-4H3,(H,26,28). The first-order chi connectivity index (χ1) is 16.0. The van der Waals surface area contributed by atoms with Gasteiger partial charge in [-0.2, -0.15) is 5.10 Å². The number of nitrogens with one attached hydrogen (secondary N) is 1. The Morgan fingerprint density at radius 3 is 2.73 bits per heavy atom. The van der Waals surface area contributed by atoms with Crippen molar-refractivity contribution in [2.75, 3.05) is 32.2 Å². The minimum Gasteiger partial charge on any atom is -0.496 e. The molecule has 0 atom stereocenters. The van der Waals surface area contributed by atoms with E-state index in [1.54, 1.807) is 13.3 Å². The van der Waals surface area contributed by atoms with Gasteiger partial charge in [0.15, 0.2) is 5.82 Å². The maximum absolute atomic E-state index is 5.71. The van der Waals surface area contributed by atoms with Crippen LogP contribution in [0.5, 0.6) is 5.75 Å². The smallest absolute Gasteiger partial charge is 0.152 e. The summed E-state index contributed by atoms with van der Waals surface area (Å²) in [7, 11) is 3.64. The normalized spacial score (nSPS) is 14.8. The van der Waals surface area contributed by atoms with Crippen LogP contribution in [0.4, 0.5) is 5.82 Å². The van der Waals surface area contributed by atoms with Gasteiger partial charge in [0.2, 0.25) is 0 Å². The highest BCUT2D eigenvalue weighted by Gasteiger charge is 2.33. The molecule has 4 heterocycles. The number of aryl methyl sites for hydroxylation is 1. The minimum atomic E-state index is 0.140. The Bertz CT molecular complexity index is 1310. The molecular weight excluding hydrogens is 416 g/mol. The second kappa shape index (κ2) is 8.44. The molecule has 0 saturated carbocycles. The molecule has 1 aromatic carbocycles. The highest BCUT2D eigenvalue weighted by Crippen LogP contribution is 2.31. The number of benzene rings is 1. The van der Waals surface area contributed by atoms with E-state index < -0.39 is 0 Å². The molecule has 33 heavy (non-hydrogen) atoms. The van der Waals surface area contributed by atoms with Crippen molar-refractivity contribution in [3.05, 3.63) is 59.9 Å². The SMILES string of the molecule is COc1cc(-c2cnn(C)c2C)ccc1Cc1ncc2ccnc(NCC3(C)COC3)c2n1. The van der Waals surface area contributed by atoms with Gasteiger partial charge in [0.05, 0.1) is 26.5 Å². The highest BCUT2D eigenvalue weighted by atomic mass is 16.5. The number of methoxy groups -OCH3 is 1. The lowest BCUT2D eigenvalue weighted by molar-refractivity contribution is -0.0924. The Labute approximate surface area is 193 Å². The minimum absolute atomic E-state index is 0.140. The summed E-state index contributed by atoms with van der Waals surface area (Å²) in [5.74, 6) is 2.31. The number of hydrogen-bond donors (Lipinski definition) is 1. The molecule has 1 fully saturated rings. The predicted molar refractivity (Wildman–Crippen MR) is 127 cm³/mol. The fourth-order valence-electron chi connectivity index (χ4n) is 4.07. The lowest BCUT2D eigenvalue weighted by atomic mass is 9.89.